The summed E-state index contributed by atoms with van der Waals surface area (Å²) in [6, 6.07) is 3.43. The van der Waals surface area contributed by atoms with Gasteiger partial charge in [0.2, 0.25) is 0 Å². The van der Waals surface area contributed by atoms with Gasteiger partial charge in [-0.1, -0.05) is 24.4 Å². The van der Waals surface area contributed by atoms with Gasteiger partial charge in [-0.3, -0.25) is 4.79 Å². The molecule has 0 aromatic heterocycles. The second kappa shape index (κ2) is 7.52. The van der Waals surface area contributed by atoms with E-state index in [1.165, 1.54) is 7.11 Å². The first-order valence-corrected chi connectivity index (χ1v) is 7.41. The average Bonchev–Trinajstić information content (AvgIpc) is 2.97. The third kappa shape index (κ3) is 4.25. The highest BCUT2D eigenvalue weighted by molar-refractivity contribution is 6.30. The van der Waals surface area contributed by atoms with Gasteiger partial charge in [0.1, 0.15) is 0 Å². The van der Waals surface area contributed by atoms with Gasteiger partial charge in [0.15, 0.2) is 18.1 Å². The van der Waals surface area contributed by atoms with E-state index in [1.807, 2.05) is 0 Å². The van der Waals surface area contributed by atoms with Crippen LogP contribution in [0.3, 0.4) is 0 Å². The molecular formula is C15H20ClNO4. The zero-order valence-corrected chi connectivity index (χ0v) is 12.8. The van der Waals surface area contributed by atoms with Crippen molar-refractivity contribution < 1.29 is 19.4 Å². The molecule has 1 amide bonds. The van der Waals surface area contributed by atoms with E-state index in [4.69, 9.17) is 21.1 Å². The minimum Gasteiger partial charge on any atom is -0.493 e. The van der Waals surface area contributed by atoms with Crippen molar-refractivity contribution in [3.8, 4) is 11.5 Å². The normalized spacial score (nSPS) is 15.0. The molecular weight excluding hydrogens is 294 g/mol. The number of ether oxygens (including phenoxy) is 2. The van der Waals surface area contributed by atoms with E-state index >= 15 is 0 Å². The van der Waals surface area contributed by atoms with Gasteiger partial charge in [0, 0.05) is 22.7 Å². The molecule has 1 fully saturated rings. The van der Waals surface area contributed by atoms with Crippen LogP contribution >= 0.6 is 11.6 Å². The molecule has 6 heteroatoms. The van der Waals surface area contributed by atoms with Gasteiger partial charge in [-0.2, -0.15) is 0 Å². The fraction of sp³-hybridized carbons (Fsp3) is 0.533. The Morgan fingerprint density at radius 2 is 2.14 bits per heavy atom. The first-order valence-electron chi connectivity index (χ1n) is 7.03. The molecule has 1 aliphatic carbocycles. The Hall–Kier alpha value is -1.46. The lowest BCUT2D eigenvalue weighted by molar-refractivity contribution is -0.123. The number of nitrogens with one attached hydrogen (secondary N) is 1. The van der Waals surface area contributed by atoms with E-state index < -0.39 is 0 Å². The molecule has 1 aromatic rings. The Balaban J connectivity index is 1.99. The summed E-state index contributed by atoms with van der Waals surface area (Å²) in [5.74, 6) is 0.592. The largest absolute Gasteiger partial charge is 0.493 e. The number of benzene rings is 1. The monoisotopic (exact) mass is 313 g/mol. The molecule has 1 saturated carbocycles. The molecule has 0 radical (unpaired) electrons. The highest BCUT2D eigenvalue weighted by Gasteiger charge is 2.18. The number of rotatable bonds is 6. The van der Waals surface area contributed by atoms with Gasteiger partial charge in [0.25, 0.3) is 5.91 Å². The van der Waals surface area contributed by atoms with Crippen molar-refractivity contribution >= 4 is 17.5 Å². The minimum absolute atomic E-state index is 0.110. The Morgan fingerprint density at radius 1 is 1.43 bits per heavy atom. The summed E-state index contributed by atoms with van der Waals surface area (Å²) in [6.45, 7) is -0.349. The summed E-state index contributed by atoms with van der Waals surface area (Å²) >= 11 is 5.93. The van der Waals surface area contributed by atoms with Crippen LogP contribution in [0.4, 0.5) is 0 Å². The Morgan fingerprint density at radius 3 is 2.76 bits per heavy atom. The van der Waals surface area contributed by atoms with Crippen LogP contribution in [0.1, 0.15) is 31.2 Å². The molecule has 0 saturated heterocycles. The highest BCUT2D eigenvalue weighted by atomic mass is 35.5. The fourth-order valence-corrected chi connectivity index (χ4v) is 2.76. The van der Waals surface area contributed by atoms with E-state index in [2.05, 4.69) is 5.32 Å². The molecule has 21 heavy (non-hydrogen) atoms. The molecule has 0 atom stereocenters. The quantitative estimate of drug-likeness (QED) is 0.845. The lowest BCUT2D eigenvalue weighted by atomic mass is 10.2. The van der Waals surface area contributed by atoms with Crippen LogP contribution in [-0.2, 0) is 11.4 Å². The zero-order chi connectivity index (χ0) is 15.2. The maximum atomic E-state index is 11.9. The lowest BCUT2D eigenvalue weighted by Gasteiger charge is -2.16. The highest BCUT2D eigenvalue weighted by Crippen LogP contribution is 2.34. The Kier molecular flexibility index (Phi) is 5.70. The Labute approximate surface area is 129 Å². The third-order valence-electron chi connectivity index (χ3n) is 3.55. The molecule has 5 nitrogen and oxygen atoms in total. The van der Waals surface area contributed by atoms with E-state index in [9.17, 15) is 9.90 Å². The summed E-state index contributed by atoms with van der Waals surface area (Å²) in [5, 5.41) is 12.7. The van der Waals surface area contributed by atoms with Crippen molar-refractivity contribution in [2.45, 2.75) is 38.3 Å². The van der Waals surface area contributed by atoms with Gasteiger partial charge >= 0.3 is 0 Å². The summed E-state index contributed by atoms with van der Waals surface area (Å²) in [4.78, 5) is 11.9. The topological polar surface area (TPSA) is 67.8 Å². The zero-order valence-electron chi connectivity index (χ0n) is 12.0. The van der Waals surface area contributed by atoms with Crippen molar-refractivity contribution in [3.63, 3.8) is 0 Å². The van der Waals surface area contributed by atoms with Gasteiger partial charge in [-0.25, -0.2) is 0 Å². The SMILES string of the molecule is COc1cc(Cl)cc(CO)c1OCC(=O)NC1CCCC1. The summed E-state index contributed by atoms with van der Waals surface area (Å²) in [7, 11) is 1.48. The van der Waals surface area contributed by atoms with Gasteiger partial charge in [-0.15, -0.1) is 0 Å². The fourth-order valence-electron chi connectivity index (χ4n) is 2.53. The minimum atomic E-state index is -0.240. The Bertz CT molecular complexity index is 475. The van der Waals surface area contributed by atoms with Crippen molar-refractivity contribution in [3.05, 3.63) is 22.7 Å². The maximum Gasteiger partial charge on any atom is 0.258 e. The summed E-state index contributed by atoms with van der Waals surface area (Å²) < 4.78 is 10.7. The van der Waals surface area contributed by atoms with Crippen LogP contribution in [0.15, 0.2) is 12.1 Å². The number of amides is 1. The number of carbonyl (C=O) groups is 1. The first-order chi connectivity index (χ1) is 10.1. The number of carbonyl (C=O) groups excluding carboxylic acids is 1. The molecule has 2 N–H and O–H groups in total. The third-order valence-corrected chi connectivity index (χ3v) is 3.77. The van der Waals surface area contributed by atoms with E-state index in [-0.39, 0.29) is 25.2 Å². The first kappa shape index (κ1) is 15.9. The van der Waals surface area contributed by atoms with Crippen LogP contribution in [0.5, 0.6) is 11.5 Å². The van der Waals surface area contributed by atoms with Crippen LogP contribution in [-0.4, -0.2) is 30.8 Å². The molecule has 0 heterocycles. The number of methoxy groups -OCH3 is 1. The molecule has 116 valence electrons. The lowest BCUT2D eigenvalue weighted by Crippen LogP contribution is -2.36. The average molecular weight is 314 g/mol. The predicted octanol–water partition coefficient (Wildman–Crippen LogP) is 2.28. The standard InChI is InChI=1S/C15H20ClNO4/c1-20-13-7-11(16)6-10(8-18)15(13)21-9-14(19)17-12-4-2-3-5-12/h6-7,12,18H,2-5,8-9H2,1H3,(H,17,19). The van der Waals surface area contributed by atoms with E-state index in [1.54, 1.807) is 12.1 Å². The number of aliphatic hydroxyl groups is 1. The van der Waals surface area contributed by atoms with Crippen LogP contribution in [0.2, 0.25) is 5.02 Å². The summed E-state index contributed by atoms with van der Waals surface area (Å²) in [5.41, 5.74) is 0.494. The van der Waals surface area contributed by atoms with Crippen molar-refractivity contribution in [2.24, 2.45) is 0 Å². The molecule has 1 aromatic carbocycles. The van der Waals surface area contributed by atoms with Crippen LogP contribution < -0.4 is 14.8 Å². The van der Waals surface area contributed by atoms with Crippen molar-refractivity contribution in [1.82, 2.24) is 5.32 Å². The van der Waals surface area contributed by atoms with Crippen molar-refractivity contribution in [1.29, 1.82) is 0 Å². The van der Waals surface area contributed by atoms with Crippen LogP contribution in [0, 0.1) is 0 Å². The molecule has 0 bridgehead atoms. The van der Waals surface area contributed by atoms with E-state index in [0.29, 0.717) is 22.1 Å². The van der Waals surface area contributed by atoms with Gasteiger partial charge in [0.05, 0.1) is 13.7 Å². The second-order valence-electron chi connectivity index (χ2n) is 5.09. The van der Waals surface area contributed by atoms with Gasteiger partial charge < -0.3 is 19.9 Å². The van der Waals surface area contributed by atoms with Gasteiger partial charge in [-0.05, 0) is 18.9 Å². The number of hydrogen-bond acceptors (Lipinski definition) is 4. The van der Waals surface area contributed by atoms with Crippen molar-refractivity contribution in [2.75, 3.05) is 13.7 Å². The smallest absolute Gasteiger partial charge is 0.258 e. The number of hydrogen-bond donors (Lipinski definition) is 2. The second-order valence-corrected chi connectivity index (χ2v) is 5.53. The molecule has 0 spiro atoms. The number of aliphatic hydroxyl groups excluding tert-OH is 1. The molecule has 1 aliphatic rings. The van der Waals surface area contributed by atoms with E-state index in [0.717, 1.165) is 25.7 Å². The molecule has 0 aliphatic heterocycles. The molecule has 0 unspecified atom stereocenters. The maximum absolute atomic E-state index is 11.9. The molecule has 2 rings (SSSR count). The predicted molar refractivity (Wildman–Crippen MR) is 79.8 cm³/mol. The van der Waals surface area contributed by atoms with Crippen LogP contribution in [0.25, 0.3) is 0 Å². The number of halogens is 1. The summed E-state index contributed by atoms with van der Waals surface area (Å²) in [6.07, 6.45) is 4.37.